The number of carbonyl (C=O) groups is 4. The van der Waals surface area contributed by atoms with E-state index < -0.39 is 24.0 Å². The van der Waals surface area contributed by atoms with Gasteiger partial charge in [0.2, 0.25) is 11.8 Å². The first kappa shape index (κ1) is 27.3. The van der Waals surface area contributed by atoms with E-state index in [-0.39, 0.29) is 17.8 Å². The molecule has 0 fully saturated rings. The van der Waals surface area contributed by atoms with Crippen LogP contribution in [0.2, 0.25) is 0 Å². The van der Waals surface area contributed by atoms with E-state index in [0.717, 1.165) is 6.42 Å². The molecule has 2 amide bonds. The lowest BCUT2D eigenvalue weighted by molar-refractivity contribution is -0.142. The van der Waals surface area contributed by atoms with E-state index in [0.29, 0.717) is 38.8 Å². The molecule has 0 spiro atoms. The highest BCUT2D eigenvalue weighted by molar-refractivity contribution is 5.82. The monoisotopic (exact) mass is 404 g/mol. The average Bonchev–Trinajstić information content (AvgIpc) is 2.56. The van der Waals surface area contributed by atoms with Crippen LogP contribution < -0.4 is 27.8 Å². The molecule has 0 saturated carbocycles. The molecule has 0 aromatic heterocycles. The number of rotatable bonds is 12. The van der Waals surface area contributed by atoms with E-state index in [1.54, 1.807) is 0 Å². The third kappa shape index (κ3) is 17.9. The molecule has 0 aliphatic heterocycles. The molecule has 0 aliphatic rings. The van der Waals surface area contributed by atoms with Crippen molar-refractivity contribution >= 4 is 29.7 Å². The van der Waals surface area contributed by atoms with Crippen LogP contribution in [0.1, 0.15) is 46.0 Å². The highest BCUT2D eigenvalue weighted by Gasteiger charge is 2.17. The summed E-state index contributed by atoms with van der Waals surface area (Å²) in [5.74, 6) is -2.77. The number of aliphatic carboxylic acids is 2. The number of unbranched alkanes of at least 4 members (excludes halogenated alkanes) is 1. The van der Waals surface area contributed by atoms with Gasteiger partial charge in [-0.25, -0.2) is 9.59 Å². The third-order valence-electron chi connectivity index (χ3n) is 3.24. The Hall–Kier alpha value is -2.89. The van der Waals surface area contributed by atoms with Crippen molar-refractivity contribution in [3.05, 3.63) is 0 Å². The van der Waals surface area contributed by atoms with Crippen LogP contribution in [0.25, 0.3) is 0 Å². The first-order valence-electron chi connectivity index (χ1n) is 8.76. The first-order valence-corrected chi connectivity index (χ1v) is 8.76. The van der Waals surface area contributed by atoms with Gasteiger partial charge in [-0.1, -0.05) is 0 Å². The van der Waals surface area contributed by atoms with E-state index in [9.17, 15) is 19.2 Å². The van der Waals surface area contributed by atoms with Crippen LogP contribution in [-0.2, 0) is 19.2 Å². The SMILES string of the molecule is CC(=O)N[C@@H](CCCCN)C(=O)O.CC(=O)N[C@@H](CCCN=C(N)N)C(=O)O. The molecule has 12 heteroatoms. The number of amides is 2. The molecule has 0 radical (unpaired) electrons. The molecule has 0 aromatic carbocycles. The van der Waals surface area contributed by atoms with E-state index in [4.69, 9.17) is 27.4 Å². The normalized spacial score (nSPS) is 11.8. The topological polar surface area (TPSA) is 223 Å². The first-order chi connectivity index (χ1) is 13.0. The Balaban J connectivity index is 0. The number of nitrogens with zero attached hydrogens (tertiary/aromatic N) is 1. The Kier molecular flexibility index (Phi) is 15.9. The number of carboxylic acids is 2. The minimum Gasteiger partial charge on any atom is -0.480 e. The quantitative estimate of drug-likeness (QED) is 0.112. The van der Waals surface area contributed by atoms with Crippen LogP contribution in [0.3, 0.4) is 0 Å². The number of hydrogen-bond acceptors (Lipinski definition) is 6. The number of carbonyl (C=O) groups excluding carboxylic acids is 2. The minimum absolute atomic E-state index is 0.0265. The van der Waals surface area contributed by atoms with Crippen molar-refractivity contribution in [1.29, 1.82) is 0 Å². The Morgan fingerprint density at radius 3 is 1.61 bits per heavy atom. The zero-order valence-corrected chi connectivity index (χ0v) is 16.3. The maximum Gasteiger partial charge on any atom is 0.326 e. The minimum atomic E-state index is -1.06. The largest absolute Gasteiger partial charge is 0.480 e. The van der Waals surface area contributed by atoms with Crippen molar-refractivity contribution in [1.82, 2.24) is 10.6 Å². The summed E-state index contributed by atoms with van der Waals surface area (Å²) >= 11 is 0. The lowest BCUT2D eigenvalue weighted by Crippen LogP contribution is -2.39. The summed E-state index contributed by atoms with van der Waals surface area (Å²) in [4.78, 5) is 46.2. The second-order valence-electron chi connectivity index (χ2n) is 5.92. The standard InChI is InChI=1S/C8H16N4O3.C8H16N2O3/c1-5(13)12-6(7(14)15)3-2-4-11-8(9)10;1-6(11)10-7(8(12)13)4-2-3-5-9/h6H,2-4H2,1H3,(H,12,13)(H,14,15)(H4,9,10,11);7H,2-5,9H2,1H3,(H,10,11)(H,12,13)/t6-;7-/m00/s1. The predicted octanol–water partition coefficient (Wildman–Crippen LogP) is -1.67. The summed E-state index contributed by atoms with van der Waals surface area (Å²) in [5.41, 5.74) is 15.4. The summed E-state index contributed by atoms with van der Waals surface area (Å²) in [6, 6.07) is -1.65. The fourth-order valence-electron chi connectivity index (χ4n) is 2.00. The van der Waals surface area contributed by atoms with Gasteiger partial charge in [-0.2, -0.15) is 0 Å². The van der Waals surface area contributed by atoms with Crippen LogP contribution in [0, 0.1) is 0 Å². The molecule has 162 valence electrons. The number of carboxylic acid groups (broad SMARTS) is 2. The summed E-state index contributed by atoms with van der Waals surface area (Å²) in [6.07, 6.45) is 2.73. The molecular weight excluding hydrogens is 372 g/mol. The maximum absolute atomic E-state index is 10.7. The second kappa shape index (κ2) is 16.3. The van der Waals surface area contributed by atoms with E-state index in [1.807, 2.05) is 0 Å². The second-order valence-corrected chi connectivity index (χ2v) is 5.92. The fourth-order valence-corrected chi connectivity index (χ4v) is 2.00. The van der Waals surface area contributed by atoms with Crippen LogP contribution >= 0.6 is 0 Å². The number of nitrogens with one attached hydrogen (secondary N) is 2. The molecule has 0 aromatic rings. The number of aliphatic imine (C=N–C) groups is 1. The zero-order chi connectivity index (χ0) is 22.1. The lowest BCUT2D eigenvalue weighted by atomic mass is 10.1. The van der Waals surface area contributed by atoms with Gasteiger partial charge < -0.3 is 38.0 Å². The van der Waals surface area contributed by atoms with Crippen LogP contribution in [-0.4, -0.2) is 65.1 Å². The van der Waals surface area contributed by atoms with Crippen molar-refractivity contribution in [3.63, 3.8) is 0 Å². The van der Waals surface area contributed by atoms with Crippen molar-refractivity contribution in [3.8, 4) is 0 Å². The van der Waals surface area contributed by atoms with Gasteiger partial charge in [0.1, 0.15) is 12.1 Å². The van der Waals surface area contributed by atoms with Crippen molar-refractivity contribution in [2.75, 3.05) is 13.1 Å². The van der Waals surface area contributed by atoms with Gasteiger partial charge in [0.25, 0.3) is 0 Å². The maximum atomic E-state index is 10.7. The van der Waals surface area contributed by atoms with Crippen LogP contribution in [0.15, 0.2) is 4.99 Å². The zero-order valence-electron chi connectivity index (χ0n) is 16.3. The van der Waals surface area contributed by atoms with Gasteiger partial charge in [0.05, 0.1) is 0 Å². The molecule has 2 atom stereocenters. The highest BCUT2D eigenvalue weighted by Crippen LogP contribution is 2.00. The highest BCUT2D eigenvalue weighted by atomic mass is 16.4. The summed E-state index contributed by atoms with van der Waals surface area (Å²) < 4.78 is 0. The molecule has 0 heterocycles. The molecule has 0 aliphatic carbocycles. The Labute approximate surface area is 163 Å². The molecule has 10 N–H and O–H groups in total. The van der Waals surface area contributed by atoms with Gasteiger partial charge in [-0.3, -0.25) is 14.6 Å². The number of nitrogens with two attached hydrogens (primary N) is 3. The molecule has 0 saturated heterocycles. The molecule has 28 heavy (non-hydrogen) atoms. The van der Waals surface area contributed by atoms with Crippen molar-refractivity contribution in [2.24, 2.45) is 22.2 Å². The molecule has 0 rings (SSSR count). The van der Waals surface area contributed by atoms with Gasteiger partial charge in [-0.05, 0) is 38.6 Å². The van der Waals surface area contributed by atoms with Gasteiger partial charge in [0.15, 0.2) is 5.96 Å². The van der Waals surface area contributed by atoms with Gasteiger partial charge >= 0.3 is 11.9 Å². The Morgan fingerprint density at radius 1 is 0.857 bits per heavy atom. The summed E-state index contributed by atoms with van der Waals surface area (Å²) in [6.45, 7) is 3.48. The molecule has 0 unspecified atom stereocenters. The van der Waals surface area contributed by atoms with Crippen molar-refractivity contribution in [2.45, 2.75) is 58.0 Å². The molecule has 0 bridgehead atoms. The molecule has 12 nitrogen and oxygen atoms in total. The predicted molar refractivity (Wildman–Crippen MR) is 103 cm³/mol. The lowest BCUT2D eigenvalue weighted by Gasteiger charge is -2.12. The fraction of sp³-hybridized carbons (Fsp3) is 0.688. The summed E-state index contributed by atoms with van der Waals surface area (Å²) in [7, 11) is 0. The van der Waals surface area contributed by atoms with Crippen molar-refractivity contribution < 1.29 is 29.4 Å². The Morgan fingerprint density at radius 2 is 1.29 bits per heavy atom. The number of guanidine groups is 1. The van der Waals surface area contributed by atoms with Crippen LogP contribution in [0.5, 0.6) is 0 Å². The van der Waals surface area contributed by atoms with Gasteiger partial charge in [0, 0.05) is 20.4 Å². The number of hydrogen-bond donors (Lipinski definition) is 7. The van der Waals surface area contributed by atoms with E-state index in [2.05, 4.69) is 15.6 Å². The Bertz CT molecular complexity index is 536. The summed E-state index contributed by atoms with van der Waals surface area (Å²) in [5, 5.41) is 22.1. The smallest absolute Gasteiger partial charge is 0.326 e. The van der Waals surface area contributed by atoms with E-state index >= 15 is 0 Å². The van der Waals surface area contributed by atoms with Gasteiger partial charge in [-0.15, -0.1) is 0 Å². The third-order valence-corrected chi connectivity index (χ3v) is 3.24. The molecular formula is C16H32N6O6. The van der Waals surface area contributed by atoms with E-state index in [1.165, 1.54) is 13.8 Å². The average molecular weight is 404 g/mol. The van der Waals surface area contributed by atoms with Crippen LogP contribution in [0.4, 0.5) is 0 Å².